The number of amides is 2. The Labute approximate surface area is 169 Å². The third kappa shape index (κ3) is 5.19. The summed E-state index contributed by atoms with van der Waals surface area (Å²) in [5.74, 6) is 0.366. The number of aromatic nitrogens is 1. The Bertz CT molecular complexity index is 973. The number of hydrogen-bond donors (Lipinski definition) is 2. The zero-order chi connectivity index (χ0) is 20.7. The molecule has 0 saturated carbocycles. The molecule has 0 saturated heterocycles. The molecule has 1 heterocycles. The molecule has 2 amide bonds. The average molecular weight is 389 g/mol. The van der Waals surface area contributed by atoms with Crippen molar-refractivity contribution >= 4 is 17.5 Å². The summed E-state index contributed by atoms with van der Waals surface area (Å²) in [5, 5.41) is 5.62. The van der Waals surface area contributed by atoms with E-state index < -0.39 is 11.3 Å². The molecule has 29 heavy (non-hydrogen) atoms. The van der Waals surface area contributed by atoms with E-state index in [1.54, 1.807) is 44.4 Å². The lowest BCUT2D eigenvalue weighted by Gasteiger charge is -2.23. The first-order chi connectivity index (χ1) is 14.0. The van der Waals surface area contributed by atoms with Crippen LogP contribution in [0.25, 0.3) is 0 Å². The molecule has 6 nitrogen and oxygen atoms in total. The van der Waals surface area contributed by atoms with Crippen molar-refractivity contribution in [2.45, 2.75) is 20.4 Å². The van der Waals surface area contributed by atoms with Gasteiger partial charge in [-0.25, -0.2) is 0 Å². The van der Waals surface area contributed by atoms with Crippen LogP contribution in [0.1, 0.15) is 19.4 Å². The second kappa shape index (κ2) is 9.01. The van der Waals surface area contributed by atoms with Gasteiger partial charge in [-0.3, -0.25) is 14.6 Å². The Hall–Kier alpha value is -3.67. The van der Waals surface area contributed by atoms with Crippen molar-refractivity contribution in [1.29, 1.82) is 0 Å². The fraction of sp³-hybridized carbons (Fsp3) is 0.174. The summed E-state index contributed by atoms with van der Waals surface area (Å²) in [6, 6.07) is 20.0. The fourth-order valence-electron chi connectivity index (χ4n) is 2.56. The van der Waals surface area contributed by atoms with Crippen molar-refractivity contribution in [3.63, 3.8) is 0 Å². The number of para-hydroxylation sites is 3. The minimum absolute atomic E-state index is 0.325. The van der Waals surface area contributed by atoms with Crippen LogP contribution in [0.2, 0.25) is 0 Å². The molecule has 3 aromatic rings. The van der Waals surface area contributed by atoms with Gasteiger partial charge in [-0.15, -0.1) is 0 Å². The number of carbonyl (C=O) groups excluding carboxylic acids is 2. The van der Waals surface area contributed by atoms with Gasteiger partial charge < -0.3 is 15.4 Å². The third-order valence-corrected chi connectivity index (χ3v) is 4.44. The van der Waals surface area contributed by atoms with E-state index in [1.807, 2.05) is 48.5 Å². The molecule has 0 aliphatic carbocycles. The van der Waals surface area contributed by atoms with Crippen molar-refractivity contribution in [3.05, 3.63) is 84.7 Å². The molecule has 0 aliphatic rings. The van der Waals surface area contributed by atoms with Gasteiger partial charge in [-0.05, 0) is 55.8 Å². The molecular formula is C23H23N3O3. The minimum atomic E-state index is -1.27. The normalized spacial score (nSPS) is 10.8. The van der Waals surface area contributed by atoms with Crippen LogP contribution in [0.5, 0.6) is 11.5 Å². The van der Waals surface area contributed by atoms with Crippen LogP contribution in [0, 0.1) is 5.41 Å². The lowest BCUT2D eigenvalue weighted by Crippen LogP contribution is -2.44. The number of nitrogens with one attached hydrogen (secondary N) is 2. The molecule has 2 N–H and O–H groups in total. The van der Waals surface area contributed by atoms with E-state index >= 15 is 0 Å². The predicted molar refractivity (Wildman–Crippen MR) is 111 cm³/mol. The largest absolute Gasteiger partial charge is 0.455 e. The number of benzene rings is 2. The van der Waals surface area contributed by atoms with Gasteiger partial charge in [0.15, 0.2) is 5.75 Å². The summed E-state index contributed by atoms with van der Waals surface area (Å²) >= 11 is 0. The van der Waals surface area contributed by atoms with E-state index in [1.165, 1.54) is 0 Å². The number of carbonyl (C=O) groups is 2. The summed E-state index contributed by atoms with van der Waals surface area (Å²) in [4.78, 5) is 29.4. The first-order valence-electron chi connectivity index (χ1n) is 9.27. The van der Waals surface area contributed by atoms with Gasteiger partial charge in [0, 0.05) is 18.9 Å². The van der Waals surface area contributed by atoms with E-state index in [4.69, 9.17) is 4.74 Å². The van der Waals surface area contributed by atoms with Crippen LogP contribution in [-0.2, 0) is 16.1 Å². The summed E-state index contributed by atoms with van der Waals surface area (Å²) in [6.07, 6.45) is 3.31. The van der Waals surface area contributed by atoms with Gasteiger partial charge in [-0.1, -0.05) is 30.3 Å². The number of ether oxygens (including phenoxy) is 1. The summed E-state index contributed by atoms with van der Waals surface area (Å²) in [7, 11) is 0. The molecule has 1 aromatic heterocycles. The molecule has 0 fully saturated rings. The van der Waals surface area contributed by atoms with Gasteiger partial charge in [0.1, 0.15) is 11.2 Å². The smallest absolute Gasteiger partial charge is 0.239 e. The Morgan fingerprint density at radius 2 is 1.55 bits per heavy atom. The van der Waals surface area contributed by atoms with Crippen molar-refractivity contribution in [3.8, 4) is 11.5 Å². The highest BCUT2D eigenvalue weighted by Gasteiger charge is 2.36. The zero-order valence-electron chi connectivity index (χ0n) is 16.4. The quantitative estimate of drug-likeness (QED) is 0.595. The second-order valence-electron chi connectivity index (χ2n) is 7.03. The highest BCUT2D eigenvalue weighted by Crippen LogP contribution is 2.30. The van der Waals surface area contributed by atoms with E-state index in [2.05, 4.69) is 15.6 Å². The van der Waals surface area contributed by atoms with Gasteiger partial charge >= 0.3 is 0 Å². The maximum absolute atomic E-state index is 12.9. The Balaban J connectivity index is 1.68. The molecule has 0 bridgehead atoms. The highest BCUT2D eigenvalue weighted by molar-refractivity contribution is 6.10. The third-order valence-electron chi connectivity index (χ3n) is 4.44. The summed E-state index contributed by atoms with van der Waals surface area (Å²) < 4.78 is 5.87. The molecule has 6 heteroatoms. The molecule has 2 aromatic carbocycles. The molecule has 148 valence electrons. The zero-order valence-corrected chi connectivity index (χ0v) is 16.4. The Kier molecular flexibility index (Phi) is 6.24. The van der Waals surface area contributed by atoms with Gasteiger partial charge in [0.25, 0.3) is 0 Å². The maximum atomic E-state index is 12.9. The lowest BCUT2D eigenvalue weighted by atomic mass is 9.90. The van der Waals surface area contributed by atoms with E-state index in [0.717, 1.165) is 5.56 Å². The topological polar surface area (TPSA) is 80.3 Å². The number of anilines is 1. The predicted octanol–water partition coefficient (Wildman–Crippen LogP) is 4.16. The van der Waals surface area contributed by atoms with Crippen LogP contribution < -0.4 is 15.4 Å². The van der Waals surface area contributed by atoms with Crippen molar-refractivity contribution in [2.75, 3.05) is 5.32 Å². The monoisotopic (exact) mass is 389 g/mol. The summed E-state index contributed by atoms with van der Waals surface area (Å²) in [6.45, 7) is 3.50. The molecule has 0 aliphatic heterocycles. The lowest BCUT2D eigenvalue weighted by molar-refractivity contribution is -0.138. The van der Waals surface area contributed by atoms with E-state index in [9.17, 15) is 9.59 Å². The molecule has 3 rings (SSSR count). The fourth-order valence-corrected chi connectivity index (χ4v) is 2.56. The molecule has 0 unspecified atom stereocenters. The van der Waals surface area contributed by atoms with Crippen LogP contribution in [-0.4, -0.2) is 16.8 Å². The summed E-state index contributed by atoms with van der Waals surface area (Å²) in [5.41, 5.74) is 0.134. The maximum Gasteiger partial charge on any atom is 0.239 e. The Morgan fingerprint density at radius 1 is 0.897 bits per heavy atom. The Morgan fingerprint density at radius 3 is 2.28 bits per heavy atom. The first-order valence-corrected chi connectivity index (χ1v) is 9.27. The van der Waals surface area contributed by atoms with E-state index in [-0.39, 0.29) is 5.91 Å². The van der Waals surface area contributed by atoms with Crippen molar-refractivity contribution in [2.24, 2.45) is 5.41 Å². The van der Waals surface area contributed by atoms with Crippen LogP contribution in [0.4, 0.5) is 5.69 Å². The van der Waals surface area contributed by atoms with Crippen molar-refractivity contribution < 1.29 is 14.3 Å². The van der Waals surface area contributed by atoms with Crippen molar-refractivity contribution in [1.82, 2.24) is 10.3 Å². The average Bonchev–Trinajstić information content (AvgIpc) is 2.74. The first kappa shape index (κ1) is 20.1. The van der Waals surface area contributed by atoms with Crippen LogP contribution >= 0.6 is 0 Å². The van der Waals surface area contributed by atoms with E-state index in [0.29, 0.717) is 23.7 Å². The van der Waals surface area contributed by atoms with Gasteiger partial charge in [-0.2, -0.15) is 0 Å². The van der Waals surface area contributed by atoms with Crippen LogP contribution in [0.15, 0.2) is 79.1 Å². The molecule has 0 atom stereocenters. The number of pyridine rings is 1. The molecule has 0 spiro atoms. The van der Waals surface area contributed by atoms with Crippen LogP contribution in [0.3, 0.4) is 0 Å². The standard InChI is InChI=1S/C23H23N3O3/c1-23(2,21(27)25-16-17-12-14-24-15-13-17)22(28)26-19-10-6-7-11-20(19)29-18-8-4-3-5-9-18/h3-15H,16H2,1-2H3,(H,25,27)(H,26,28). The second-order valence-corrected chi connectivity index (χ2v) is 7.03. The molecule has 0 radical (unpaired) electrons. The molecular weight excluding hydrogens is 366 g/mol. The number of rotatable bonds is 7. The minimum Gasteiger partial charge on any atom is -0.455 e. The number of hydrogen-bond acceptors (Lipinski definition) is 4. The highest BCUT2D eigenvalue weighted by atomic mass is 16.5. The van der Waals surface area contributed by atoms with Gasteiger partial charge in [0.05, 0.1) is 5.69 Å². The van der Waals surface area contributed by atoms with Gasteiger partial charge in [0.2, 0.25) is 11.8 Å². The number of nitrogens with zero attached hydrogens (tertiary/aromatic N) is 1. The SMILES string of the molecule is CC(C)(C(=O)NCc1ccncc1)C(=O)Nc1ccccc1Oc1ccccc1.